The van der Waals surface area contributed by atoms with Crippen LogP contribution in [0.25, 0.3) is 0 Å². The Morgan fingerprint density at radius 2 is 1.32 bits per heavy atom. The third-order valence-electron chi connectivity index (χ3n) is 3.69. The molecule has 0 atom stereocenters. The van der Waals surface area contributed by atoms with E-state index >= 15 is 0 Å². The Bertz CT molecular complexity index is 671. The van der Waals surface area contributed by atoms with Gasteiger partial charge in [0.15, 0.2) is 0 Å². The maximum atomic E-state index is 9.58. The van der Waals surface area contributed by atoms with Crippen molar-refractivity contribution in [2.45, 2.75) is 12.6 Å². The van der Waals surface area contributed by atoms with Crippen LogP contribution in [0.5, 0.6) is 5.75 Å². The highest BCUT2D eigenvalue weighted by Crippen LogP contribution is 2.22. The molecule has 0 aliphatic heterocycles. The standard InChI is InChI=1S/C20H19NO/c22-19-13-7-8-16(14-19)15-21-20(17-9-3-1-4-10-17)18-11-5-2-6-12-18/h1-14,20-22H,15H2. The zero-order chi connectivity index (χ0) is 15.2. The van der Waals surface area contributed by atoms with Gasteiger partial charge in [-0.15, -0.1) is 0 Å². The summed E-state index contributed by atoms with van der Waals surface area (Å²) in [6.45, 7) is 0.697. The Balaban J connectivity index is 1.83. The number of hydrogen-bond acceptors (Lipinski definition) is 2. The highest BCUT2D eigenvalue weighted by atomic mass is 16.3. The molecule has 0 amide bonds. The number of nitrogens with one attached hydrogen (secondary N) is 1. The Labute approximate surface area is 131 Å². The van der Waals surface area contributed by atoms with E-state index in [2.05, 4.69) is 53.8 Å². The second-order valence-corrected chi connectivity index (χ2v) is 5.31. The van der Waals surface area contributed by atoms with Crippen LogP contribution in [-0.2, 0) is 6.54 Å². The highest BCUT2D eigenvalue weighted by molar-refractivity contribution is 5.32. The molecular formula is C20H19NO. The van der Waals surface area contributed by atoms with Gasteiger partial charge < -0.3 is 10.4 Å². The van der Waals surface area contributed by atoms with E-state index in [9.17, 15) is 5.11 Å². The molecule has 0 aliphatic carbocycles. The quantitative estimate of drug-likeness (QED) is 0.735. The molecule has 2 N–H and O–H groups in total. The fourth-order valence-electron chi connectivity index (χ4n) is 2.61. The van der Waals surface area contributed by atoms with Crippen LogP contribution in [0.15, 0.2) is 84.9 Å². The van der Waals surface area contributed by atoms with Crippen molar-refractivity contribution in [1.29, 1.82) is 0 Å². The van der Waals surface area contributed by atoms with Crippen LogP contribution in [0.3, 0.4) is 0 Å². The van der Waals surface area contributed by atoms with Crippen LogP contribution >= 0.6 is 0 Å². The molecule has 0 bridgehead atoms. The molecule has 0 unspecified atom stereocenters. The van der Waals surface area contributed by atoms with Gasteiger partial charge in [-0.05, 0) is 28.8 Å². The van der Waals surface area contributed by atoms with Crippen molar-refractivity contribution < 1.29 is 5.11 Å². The van der Waals surface area contributed by atoms with Crippen LogP contribution in [-0.4, -0.2) is 5.11 Å². The van der Waals surface area contributed by atoms with E-state index in [0.29, 0.717) is 12.3 Å². The molecule has 22 heavy (non-hydrogen) atoms. The summed E-state index contributed by atoms with van der Waals surface area (Å²) in [7, 11) is 0. The zero-order valence-corrected chi connectivity index (χ0v) is 12.3. The largest absolute Gasteiger partial charge is 0.508 e. The highest BCUT2D eigenvalue weighted by Gasteiger charge is 2.12. The SMILES string of the molecule is Oc1cccc(CNC(c2ccccc2)c2ccccc2)c1. The van der Waals surface area contributed by atoms with Crippen molar-refractivity contribution in [2.24, 2.45) is 0 Å². The number of benzene rings is 3. The van der Waals surface area contributed by atoms with Crippen molar-refractivity contribution in [2.75, 3.05) is 0 Å². The summed E-state index contributed by atoms with van der Waals surface area (Å²) in [6.07, 6.45) is 0. The first-order valence-electron chi connectivity index (χ1n) is 7.44. The summed E-state index contributed by atoms with van der Waals surface area (Å²) in [5.74, 6) is 0.301. The topological polar surface area (TPSA) is 32.3 Å². The Hall–Kier alpha value is -2.58. The van der Waals surface area contributed by atoms with E-state index in [1.165, 1.54) is 11.1 Å². The average molecular weight is 289 g/mol. The first-order valence-corrected chi connectivity index (χ1v) is 7.44. The summed E-state index contributed by atoms with van der Waals surface area (Å²) >= 11 is 0. The number of phenolic OH excluding ortho intramolecular Hbond substituents is 1. The predicted octanol–water partition coefficient (Wildman–Crippen LogP) is 4.27. The van der Waals surface area contributed by atoms with Crippen LogP contribution in [0, 0.1) is 0 Å². The molecule has 0 aliphatic rings. The minimum Gasteiger partial charge on any atom is -0.508 e. The third kappa shape index (κ3) is 3.54. The summed E-state index contributed by atoms with van der Waals surface area (Å²) in [6, 6.07) is 28.3. The summed E-state index contributed by atoms with van der Waals surface area (Å²) in [4.78, 5) is 0. The number of rotatable bonds is 5. The summed E-state index contributed by atoms with van der Waals surface area (Å²) in [5, 5.41) is 13.2. The predicted molar refractivity (Wildman–Crippen MR) is 89.7 cm³/mol. The molecule has 0 spiro atoms. The Morgan fingerprint density at radius 3 is 1.86 bits per heavy atom. The minimum atomic E-state index is 0.129. The molecule has 3 rings (SSSR count). The van der Waals surface area contributed by atoms with E-state index < -0.39 is 0 Å². The zero-order valence-electron chi connectivity index (χ0n) is 12.3. The van der Waals surface area contributed by atoms with Gasteiger partial charge in [-0.3, -0.25) is 0 Å². The van der Waals surface area contributed by atoms with Crippen LogP contribution in [0.2, 0.25) is 0 Å². The fourth-order valence-corrected chi connectivity index (χ4v) is 2.61. The first-order chi connectivity index (χ1) is 10.8. The van der Waals surface area contributed by atoms with Crippen LogP contribution < -0.4 is 5.32 Å². The molecule has 0 saturated heterocycles. The molecular weight excluding hydrogens is 270 g/mol. The van der Waals surface area contributed by atoms with Crippen LogP contribution in [0.1, 0.15) is 22.7 Å². The Kier molecular flexibility index (Phi) is 4.52. The lowest BCUT2D eigenvalue weighted by atomic mass is 9.98. The molecule has 0 aromatic heterocycles. The van der Waals surface area contributed by atoms with Gasteiger partial charge in [0, 0.05) is 6.54 Å². The summed E-state index contributed by atoms with van der Waals surface area (Å²) < 4.78 is 0. The molecule has 0 saturated carbocycles. The second-order valence-electron chi connectivity index (χ2n) is 5.31. The molecule has 3 aromatic carbocycles. The van der Waals surface area contributed by atoms with Gasteiger partial charge in [-0.2, -0.15) is 0 Å². The van der Waals surface area contributed by atoms with Gasteiger partial charge in [0.1, 0.15) is 5.75 Å². The van der Waals surface area contributed by atoms with E-state index in [-0.39, 0.29) is 6.04 Å². The number of aromatic hydroxyl groups is 1. The maximum Gasteiger partial charge on any atom is 0.115 e. The lowest BCUT2D eigenvalue weighted by Crippen LogP contribution is -2.21. The lowest BCUT2D eigenvalue weighted by Gasteiger charge is -2.20. The van der Waals surface area contributed by atoms with Crippen molar-refractivity contribution >= 4 is 0 Å². The van der Waals surface area contributed by atoms with Gasteiger partial charge in [-0.25, -0.2) is 0 Å². The molecule has 0 radical (unpaired) electrons. The minimum absolute atomic E-state index is 0.129. The van der Waals surface area contributed by atoms with Crippen molar-refractivity contribution in [3.8, 4) is 5.75 Å². The first kappa shape index (κ1) is 14.4. The third-order valence-corrected chi connectivity index (χ3v) is 3.69. The van der Waals surface area contributed by atoms with Gasteiger partial charge in [0.25, 0.3) is 0 Å². The molecule has 2 nitrogen and oxygen atoms in total. The van der Waals surface area contributed by atoms with Gasteiger partial charge in [0.05, 0.1) is 6.04 Å². The Morgan fingerprint density at radius 1 is 0.727 bits per heavy atom. The molecule has 0 fully saturated rings. The van der Waals surface area contributed by atoms with Crippen molar-refractivity contribution in [3.63, 3.8) is 0 Å². The van der Waals surface area contributed by atoms with Crippen molar-refractivity contribution in [3.05, 3.63) is 102 Å². The molecule has 3 aromatic rings. The van der Waals surface area contributed by atoms with Gasteiger partial charge in [-0.1, -0.05) is 72.8 Å². The number of hydrogen-bond donors (Lipinski definition) is 2. The fraction of sp³-hybridized carbons (Fsp3) is 0.100. The molecule has 0 heterocycles. The number of phenols is 1. The normalized spacial score (nSPS) is 10.8. The van der Waals surface area contributed by atoms with Crippen LogP contribution in [0.4, 0.5) is 0 Å². The molecule has 110 valence electrons. The van der Waals surface area contributed by atoms with Crippen molar-refractivity contribution in [1.82, 2.24) is 5.32 Å². The van der Waals surface area contributed by atoms with E-state index in [4.69, 9.17) is 0 Å². The van der Waals surface area contributed by atoms with Gasteiger partial charge in [0.2, 0.25) is 0 Å². The lowest BCUT2D eigenvalue weighted by molar-refractivity contribution is 0.473. The van der Waals surface area contributed by atoms with E-state index in [1.807, 2.05) is 24.3 Å². The van der Waals surface area contributed by atoms with E-state index in [0.717, 1.165) is 5.56 Å². The van der Waals surface area contributed by atoms with Gasteiger partial charge >= 0.3 is 0 Å². The average Bonchev–Trinajstić information content (AvgIpc) is 2.57. The smallest absolute Gasteiger partial charge is 0.115 e. The van der Waals surface area contributed by atoms with E-state index in [1.54, 1.807) is 12.1 Å². The summed E-state index contributed by atoms with van der Waals surface area (Å²) in [5.41, 5.74) is 3.53. The molecule has 2 heteroatoms. The second kappa shape index (κ2) is 6.92. The monoisotopic (exact) mass is 289 g/mol. The maximum absolute atomic E-state index is 9.58.